The lowest BCUT2D eigenvalue weighted by molar-refractivity contribution is -0.128. The fourth-order valence-electron chi connectivity index (χ4n) is 1.74. The molecule has 6 nitrogen and oxygen atoms in total. The van der Waals surface area contributed by atoms with Crippen LogP contribution in [-0.2, 0) is 4.79 Å². The number of hydrogen-bond acceptors (Lipinski definition) is 6. The van der Waals surface area contributed by atoms with Gasteiger partial charge in [-0.25, -0.2) is 9.97 Å². The third-order valence-corrected chi connectivity index (χ3v) is 3.84. The van der Waals surface area contributed by atoms with Gasteiger partial charge in [0.15, 0.2) is 5.16 Å². The molecule has 1 atom stereocenters. The van der Waals surface area contributed by atoms with Crippen LogP contribution in [0, 0.1) is 0 Å². The smallest absolute Gasteiger partial charge is 0.240 e. The molecule has 1 aromatic carbocycles. The Morgan fingerprint density at radius 3 is 2.24 bits per heavy atom. The predicted octanol–water partition coefficient (Wildman–Crippen LogP) is 1.56. The van der Waals surface area contributed by atoms with E-state index in [-0.39, 0.29) is 17.5 Å². The largest absolute Gasteiger partial charge is 0.383 e. The number of nitrogen functional groups attached to an aromatic ring is 2. The van der Waals surface area contributed by atoms with Crippen LogP contribution < -0.4 is 11.5 Å². The van der Waals surface area contributed by atoms with E-state index in [1.54, 1.807) is 19.0 Å². The van der Waals surface area contributed by atoms with E-state index in [0.717, 1.165) is 5.56 Å². The highest BCUT2D eigenvalue weighted by Crippen LogP contribution is 2.35. The minimum absolute atomic E-state index is 0.0456. The Morgan fingerprint density at radius 2 is 1.71 bits per heavy atom. The second kappa shape index (κ2) is 6.45. The lowest BCUT2D eigenvalue weighted by Crippen LogP contribution is -2.26. The third-order valence-electron chi connectivity index (χ3n) is 2.74. The van der Waals surface area contributed by atoms with Gasteiger partial charge in [-0.15, -0.1) is 0 Å². The first-order valence-corrected chi connectivity index (χ1v) is 7.18. The van der Waals surface area contributed by atoms with E-state index in [1.165, 1.54) is 17.8 Å². The zero-order valence-corrected chi connectivity index (χ0v) is 12.7. The second-order valence-electron chi connectivity index (χ2n) is 4.64. The van der Waals surface area contributed by atoms with Crippen molar-refractivity contribution in [2.24, 2.45) is 0 Å². The van der Waals surface area contributed by atoms with Crippen molar-refractivity contribution in [3.05, 3.63) is 42.0 Å². The molecule has 0 aliphatic carbocycles. The van der Waals surface area contributed by atoms with Crippen molar-refractivity contribution in [3.8, 4) is 0 Å². The normalized spacial score (nSPS) is 11.9. The molecule has 0 aliphatic rings. The van der Waals surface area contributed by atoms with Crippen LogP contribution in [0.1, 0.15) is 10.8 Å². The molecule has 1 heterocycles. The van der Waals surface area contributed by atoms with E-state index in [2.05, 4.69) is 9.97 Å². The summed E-state index contributed by atoms with van der Waals surface area (Å²) >= 11 is 1.23. The standard InChI is InChI=1S/C14H17N5OS/c1-19(2)13(20)12(9-6-4-3-5-7-9)21-14-17-10(15)8-11(16)18-14/h3-8,12H,1-2H3,(H4,15,16,17,18)/t12-/m1/s1. The first-order chi connectivity index (χ1) is 9.97. The summed E-state index contributed by atoms with van der Waals surface area (Å²) < 4.78 is 0. The summed E-state index contributed by atoms with van der Waals surface area (Å²) in [7, 11) is 3.43. The lowest BCUT2D eigenvalue weighted by Gasteiger charge is -2.20. The number of hydrogen-bond donors (Lipinski definition) is 2. The Morgan fingerprint density at radius 1 is 1.14 bits per heavy atom. The zero-order valence-electron chi connectivity index (χ0n) is 11.9. The number of carbonyl (C=O) groups excluding carboxylic acids is 1. The molecule has 1 aromatic heterocycles. The van der Waals surface area contributed by atoms with Crippen molar-refractivity contribution >= 4 is 29.3 Å². The van der Waals surface area contributed by atoms with E-state index in [9.17, 15) is 4.79 Å². The Kier molecular flexibility index (Phi) is 4.64. The maximum absolute atomic E-state index is 12.4. The lowest BCUT2D eigenvalue weighted by atomic mass is 10.1. The molecule has 0 spiro atoms. The summed E-state index contributed by atoms with van der Waals surface area (Å²) in [6.07, 6.45) is 0. The highest BCUT2D eigenvalue weighted by Gasteiger charge is 2.24. The van der Waals surface area contributed by atoms with Gasteiger partial charge >= 0.3 is 0 Å². The van der Waals surface area contributed by atoms with E-state index >= 15 is 0 Å². The predicted molar refractivity (Wildman–Crippen MR) is 84.6 cm³/mol. The number of aromatic nitrogens is 2. The molecule has 0 unspecified atom stereocenters. The maximum Gasteiger partial charge on any atom is 0.240 e. The van der Waals surface area contributed by atoms with Gasteiger partial charge in [0, 0.05) is 20.2 Å². The highest BCUT2D eigenvalue weighted by atomic mass is 32.2. The van der Waals surface area contributed by atoms with Gasteiger partial charge in [-0.05, 0) is 5.56 Å². The van der Waals surface area contributed by atoms with Crippen molar-refractivity contribution < 1.29 is 4.79 Å². The first kappa shape index (κ1) is 15.1. The van der Waals surface area contributed by atoms with E-state index < -0.39 is 5.25 Å². The Bertz CT molecular complexity index is 612. The van der Waals surface area contributed by atoms with Crippen LogP contribution in [0.5, 0.6) is 0 Å². The third kappa shape index (κ3) is 3.85. The fourth-order valence-corrected chi connectivity index (χ4v) is 2.88. The molecule has 0 fully saturated rings. The number of rotatable bonds is 4. The van der Waals surface area contributed by atoms with Crippen molar-refractivity contribution in [1.82, 2.24) is 14.9 Å². The summed E-state index contributed by atoms with van der Waals surface area (Å²) in [6, 6.07) is 11.0. The molecule has 7 heteroatoms. The minimum Gasteiger partial charge on any atom is -0.383 e. The van der Waals surface area contributed by atoms with E-state index in [1.807, 2.05) is 30.3 Å². The number of benzene rings is 1. The average molecular weight is 303 g/mol. The Labute approximate surface area is 127 Å². The summed E-state index contributed by atoms with van der Waals surface area (Å²) in [5.74, 6) is 0.527. The molecule has 21 heavy (non-hydrogen) atoms. The van der Waals surface area contributed by atoms with Crippen LogP contribution >= 0.6 is 11.8 Å². The topological polar surface area (TPSA) is 98.1 Å². The van der Waals surface area contributed by atoms with Crippen LogP contribution in [0.3, 0.4) is 0 Å². The quantitative estimate of drug-likeness (QED) is 0.657. The van der Waals surface area contributed by atoms with E-state index in [4.69, 9.17) is 11.5 Å². The summed E-state index contributed by atoms with van der Waals surface area (Å²) in [5, 5.41) is -0.0565. The first-order valence-electron chi connectivity index (χ1n) is 6.30. The monoisotopic (exact) mass is 303 g/mol. The van der Waals surface area contributed by atoms with Crippen molar-refractivity contribution in [2.75, 3.05) is 25.6 Å². The number of likely N-dealkylation sites (N-methyl/N-ethyl adjacent to an activating group) is 1. The van der Waals surface area contributed by atoms with Gasteiger partial charge in [-0.2, -0.15) is 0 Å². The number of nitrogens with two attached hydrogens (primary N) is 2. The molecular weight excluding hydrogens is 286 g/mol. The fraction of sp³-hybridized carbons (Fsp3) is 0.214. The van der Waals surface area contributed by atoms with Crippen molar-refractivity contribution in [1.29, 1.82) is 0 Å². The summed E-state index contributed by atoms with van der Waals surface area (Å²) in [5.41, 5.74) is 12.2. The molecule has 0 bridgehead atoms. The number of anilines is 2. The van der Waals surface area contributed by atoms with Crippen LogP contribution in [0.2, 0.25) is 0 Å². The van der Waals surface area contributed by atoms with Gasteiger partial charge in [0.25, 0.3) is 0 Å². The van der Waals surface area contributed by atoms with E-state index in [0.29, 0.717) is 5.16 Å². The van der Waals surface area contributed by atoms with Crippen LogP contribution in [0.4, 0.5) is 11.6 Å². The van der Waals surface area contributed by atoms with Crippen LogP contribution in [0.15, 0.2) is 41.6 Å². The maximum atomic E-state index is 12.4. The second-order valence-corrected chi connectivity index (χ2v) is 5.71. The zero-order chi connectivity index (χ0) is 15.4. The molecule has 0 saturated carbocycles. The molecule has 1 amide bonds. The number of carbonyl (C=O) groups is 1. The molecule has 2 rings (SSSR count). The van der Waals surface area contributed by atoms with Crippen molar-refractivity contribution in [3.63, 3.8) is 0 Å². The van der Waals surface area contributed by atoms with Gasteiger partial charge in [0.2, 0.25) is 5.91 Å². The summed E-state index contributed by atoms with van der Waals surface area (Å²) in [4.78, 5) is 22.2. The molecule has 0 aliphatic heterocycles. The highest BCUT2D eigenvalue weighted by molar-refractivity contribution is 8.00. The van der Waals surface area contributed by atoms with Gasteiger partial charge < -0.3 is 16.4 Å². The number of nitrogens with zero attached hydrogens (tertiary/aromatic N) is 3. The average Bonchev–Trinajstić information content (AvgIpc) is 2.44. The molecular formula is C14H17N5OS. The molecule has 2 aromatic rings. The molecule has 110 valence electrons. The molecule has 0 radical (unpaired) electrons. The molecule has 0 saturated heterocycles. The van der Waals surface area contributed by atoms with Gasteiger partial charge in [0.1, 0.15) is 16.9 Å². The van der Waals surface area contributed by atoms with Gasteiger partial charge in [-0.1, -0.05) is 42.1 Å². The minimum atomic E-state index is -0.442. The number of thioether (sulfide) groups is 1. The summed E-state index contributed by atoms with van der Waals surface area (Å²) in [6.45, 7) is 0. The Hall–Kier alpha value is -2.28. The SMILES string of the molecule is CN(C)C(=O)[C@H](Sc1nc(N)cc(N)n1)c1ccccc1. The van der Waals surface area contributed by atoms with Crippen molar-refractivity contribution in [2.45, 2.75) is 10.4 Å². The van der Waals surface area contributed by atoms with Crippen LogP contribution in [-0.4, -0.2) is 34.9 Å². The van der Waals surface area contributed by atoms with Crippen LogP contribution in [0.25, 0.3) is 0 Å². The van der Waals surface area contributed by atoms with Gasteiger partial charge in [-0.3, -0.25) is 4.79 Å². The van der Waals surface area contributed by atoms with Gasteiger partial charge in [0.05, 0.1) is 0 Å². The Balaban J connectivity index is 2.34. The molecule has 4 N–H and O–H groups in total. The number of amides is 1.